The maximum absolute atomic E-state index is 12.7. The number of alkyl halides is 3. The lowest BCUT2D eigenvalue weighted by Crippen LogP contribution is -2.18. The molecule has 0 unspecified atom stereocenters. The summed E-state index contributed by atoms with van der Waals surface area (Å²) in [7, 11) is -7.67. The number of sulfonamides is 1. The Balaban J connectivity index is 1.68. The quantitative estimate of drug-likeness (QED) is 0.546. The van der Waals surface area contributed by atoms with E-state index in [2.05, 4.69) is 0 Å². The smallest absolute Gasteiger partial charge is 0.228 e. The molecule has 0 bridgehead atoms. The molecule has 10 heteroatoms. The van der Waals surface area contributed by atoms with Crippen molar-refractivity contribution in [2.24, 2.45) is 5.14 Å². The second-order valence-electron chi connectivity index (χ2n) is 7.27. The van der Waals surface area contributed by atoms with Gasteiger partial charge < -0.3 is 0 Å². The molecule has 0 fully saturated rings. The van der Waals surface area contributed by atoms with Crippen molar-refractivity contribution in [1.82, 2.24) is 0 Å². The minimum atomic E-state index is -4.40. The molecule has 0 heterocycles. The van der Waals surface area contributed by atoms with Gasteiger partial charge in [0.15, 0.2) is 9.84 Å². The molecule has 3 aromatic rings. The van der Waals surface area contributed by atoms with Gasteiger partial charge in [0.05, 0.1) is 22.0 Å². The minimum Gasteiger partial charge on any atom is -0.228 e. The van der Waals surface area contributed by atoms with Gasteiger partial charge in [-0.25, -0.2) is 22.0 Å². The van der Waals surface area contributed by atoms with Crippen molar-refractivity contribution in [1.29, 1.82) is 0 Å². The van der Waals surface area contributed by atoms with Gasteiger partial charge in [-0.15, -0.1) is 0 Å². The van der Waals surface area contributed by atoms with Crippen molar-refractivity contribution in [2.45, 2.75) is 23.2 Å². The number of hydrogen-bond acceptors (Lipinski definition) is 4. The van der Waals surface area contributed by atoms with Crippen LogP contribution in [-0.4, -0.2) is 22.6 Å². The van der Waals surface area contributed by atoms with E-state index in [0.717, 1.165) is 17.7 Å². The van der Waals surface area contributed by atoms with Crippen LogP contribution in [0.25, 0.3) is 11.1 Å². The van der Waals surface area contributed by atoms with Gasteiger partial charge in [-0.1, -0.05) is 54.6 Å². The third kappa shape index (κ3) is 6.18. The van der Waals surface area contributed by atoms with Crippen LogP contribution in [0.4, 0.5) is 13.2 Å². The van der Waals surface area contributed by atoms with Crippen molar-refractivity contribution in [3.63, 3.8) is 0 Å². The van der Waals surface area contributed by atoms with E-state index in [1.165, 1.54) is 30.3 Å². The molecule has 0 aliphatic heterocycles. The van der Waals surface area contributed by atoms with Crippen LogP contribution >= 0.6 is 0 Å². The molecular formula is C22H20F3NO4S2. The van der Waals surface area contributed by atoms with E-state index in [4.69, 9.17) is 5.14 Å². The minimum absolute atomic E-state index is 0.118. The molecule has 0 aliphatic carbocycles. The monoisotopic (exact) mass is 483 g/mol. The van der Waals surface area contributed by atoms with Gasteiger partial charge in [0.25, 0.3) is 0 Å². The Kier molecular flexibility index (Phi) is 6.77. The molecule has 0 spiro atoms. The molecule has 3 aromatic carbocycles. The van der Waals surface area contributed by atoms with E-state index in [0.29, 0.717) is 11.1 Å². The maximum atomic E-state index is 12.7. The fourth-order valence-corrected chi connectivity index (χ4v) is 5.48. The normalized spacial score (nSPS) is 12.6. The fraction of sp³-hybridized carbons (Fsp3) is 0.182. The molecule has 0 aromatic heterocycles. The van der Waals surface area contributed by atoms with Gasteiger partial charge in [-0.05, 0) is 46.9 Å². The lowest BCUT2D eigenvalue weighted by molar-refractivity contribution is -0.137. The average molecular weight is 484 g/mol. The van der Waals surface area contributed by atoms with Crippen LogP contribution in [0.5, 0.6) is 0 Å². The number of hydrogen-bond donors (Lipinski definition) is 1. The topological polar surface area (TPSA) is 94.3 Å². The van der Waals surface area contributed by atoms with E-state index in [1.807, 2.05) is 0 Å². The molecule has 32 heavy (non-hydrogen) atoms. The van der Waals surface area contributed by atoms with Crippen LogP contribution in [0.2, 0.25) is 0 Å². The van der Waals surface area contributed by atoms with Crippen LogP contribution in [0.3, 0.4) is 0 Å². The summed E-state index contributed by atoms with van der Waals surface area (Å²) in [5, 5.41) is 5.15. The van der Waals surface area contributed by atoms with Crippen LogP contribution in [0.15, 0.2) is 77.7 Å². The van der Waals surface area contributed by atoms with Crippen LogP contribution in [0.1, 0.15) is 16.7 Å². The largest absolute Gasteiger partial charge is 0.416 e. The highest BCUT2D eigenvalue weighted by Crippen LogP contribution is 2.31. The van der Waals surface area contributed by atoms with Gasteiger partial charge in [0.2, 0.25) is 10.0 Å². The molecule has 170 valence electrons. The number of sulfone groups is 1. The summed E-state index contributed by atoms with van der Waals surface area (Å²) in [5.74, 6) is -0.658. The molecule has 3 rings (SSSR count). The molecule has 5 nitrogen and oxygen atoms in total. The summed E-state index contributed by atoms with van der Waals surface area (Å²) in [6.07, 6.45) is -4.20. The highest BCUT2D eigenvalue weighted by Gasteiger charge is 2.30. The molecule has 0 amide bonds. The number of primary sulfonamides is 1. The number of benzene rings is 3. The van der Waals surface area contributed by atoms with Gasteiger partial charge in [-0.2, -0.15) is 13.2 Å². The molecule has 0 radical (unpaired) electrons. The zero-order valence-electron chi connectivity index (χ0n) is 16.7. The van der Waals surface area contributed by atoms with E-state index in [9.17, 15) is 30.0 Å². The van der Waals surface area contributed by atoms with E-state index >= 15 is 0 Å². The Bertz CT molecular complexity index is 1300. The van der Waals surface area contributed by atoms with Gasteiger partial charge in [-0.3, -0.25) is 0 Å². The van der Waals surface area contributed by atoms with Gasteiger partial charge in [0, 0.05) is 0 Å². The Morgan fingerprint density at radius 3 is 1.81 bits per heavy atom. The Hall–Kier alpha value is -2.69. The SMILES string of the molecule is NS(=O)(=O)c1ccccc1CS(=O)(=O)CCc1ccc(-c2ccc(C(F)(F)F)cc2)cc1. The summed E-state index contributed by atoms with van der Waals surface area (Å²) in [5.41, 5.74) is 1.42. The summed E-state index contributed by atoms with van der Waals surface area (Å²) in [6.45, 7) is 0. The Morgan fingerprint density at radius 2 is 1.28 bits per heavy atom. The maximum Gasteiger partial charge on any atom is 0.416 e. The molecule has 0 saturated carbocycles. The first-order valence-electron chi connectivity index (χ1n) is 9.43. The third-order valence-corrected chi connectivity index (χ3v) is 7.44. The van der Waals surface area contributed by atoms with Crippen LogP contribution in [-0.2, 0) is 38.2 Å². The van der Waals surface area contributed by atoms with E-state index < -0.39 is 37.4 Å². The van der Waals surface area contributed by atoms with Crippen molar-refractivity contribution >= 4 is 19.9 Å². The third-order valence-electron chi connectivity index (χ3n) is 4.86. The van der Waals surface area contributed by atoms with Crippen molar-refractivity contribution in [3.05, 3.63) is 89.5 Å². The van der Waals surface area contributed by atoms with Gasteiger partial charge in [0.1, 0.15) is 0 Å². The van der Waals surface area contributed by atoms with E-state index in [1.54, 1.807) is 30.3 Å². The zero-order chi connectivity index (χ0) is 23.6. The number of nitrogens with two attached hydrogens (primary N) is 1. The highest BCUT2D eigenvalue weighted by atomic mass is 32.2. The molecule has 0 aliphatic rings. The van der Waals surface area contributed by atoms with Crippen LogP contribution < -0.4 is 5.14 Å². The summed E-state index contributed by atoms with van der Waals surface area (Å²) >= 11 is 0. The first kappa shape index (κ1) is 24.0. The second-order valence-corrected chi connectivity index (χ2v) is 11.0. The van der Waals surface area contributed by atoms with Gasteiger partial charge >= 0.3 is 6.18 Å². The average Bonchev–Trinajstić information content (AvgIpc) is 2.71. The summed E-state index contributed by atoms with van der Waals surface area (Å²) in [4.78, 5) is -0.218. The first-order chi connectivity index (χ1) is 14.9. The second kappa shape index (κ2) is 9.05. The predicted octanol–water partition coefficient (Wildman–Crippen LogP) is 4.18. The van der Waals surface area contributed by atoms with Crippen molar-refractivity contribution in [2.75, 3.05) is 5.75 Å². The standard InChI is InChI=1S/C22H20F3NO4S2/c23-22(24,25)20-11-9-18(10-12-20)17-7-5-16(6-8-17)13-14-31(27,28)15-19-3-1-2-4-21(19)32(26,29)30/h1-12H,13-15H2,(H2,26,29,30). The number of rotatable bonds is 7. The highest BCUT2D eigenvalue weighted by molar-refractivity contribution is 7.91. The fourth-order valence-electron chi connectivity index (χ4n) is 3.20. The Morgan fingerprint density at radius 1 is 0.750 bits per heavy atom. The Labute approximate surface area is 184 Å². The zero-order valence-corrected chi connectivity index (χ0v) is 18.3. The summed E-state index contributed by atoms with van der Waals surface area (Å²) < 4.78 is 86.4. The lowest BCUT2D eigenvalue weighted by atomic mass is 10.0. The van der Waals surface area contributed by atoms with E-state index in [-0.39, 0.29) is 22.6 Å². The molecular weight excluding hydrogens is 463 g/mol. The van der Waals surface area contributed by atoms with Crippen molar-refractivity contribution < 1.29 is 30.0 Å². The first-order valence-corrected chi connectivity index (χ1v) is 12.8. The van der Waals surface area contributed by atoms with Crippen LogP contribution in [0, 0.1) is 0 Å². The molecule has 2 N–H and O–H groups in total. The summed E-state index contributed by atoms with van der Waals surface area (Å²) in [6, 6.07) is 17.3. The molecule has 0 atom stereocenters. The molecule has 0 saturated heterocycles. The predicted molar refractivity (Wildman–Crippen MR) is 116 cm³/mol. The number of aryl methyl sites for hydroxylation is 1. The van der Waals surface area contributed by atoms with Crippen molar-refractivity contribution in [3.8, 4) is 11.1 Å². The number of halogens is 3. The lowest BCUT2D eigenvalue weighted by Gasteiger charge is -2.10.